The fourth-order valence-electron chi connectivity index (χ4n) is 0.865. The molecular formula is C8H8I2O2. The molecule has 4 heteroatoms. The minimum absolute atomic E-state index is 0.780. The van der Waals surface area contributed by atoms with Crippen molar-refractivity contribution in [1.82, 2.24) is 0 Å². The van der Waals surface area contributed by atoms with Crippen LogP contribution in [0.3, 0.4) is 0 Å². The second kappa shape index (κ2) is 4.50. The van der Waals surface area contributed by atoms with E-state index < -0.39 is 0 Å². The summed E-state index contributed by atoms with van der Waals surface area (Å²) in [4.78, 5) is 0. The molecule has 0 aliphatic carbocycles. The van der Waals surface area contributed by atoms with Gasteiger partial charge in [0, 0.05) is 3.57 Å². The van der Waals surface area contributed by atoms with Gasteiger partial charge >= 0.3 is 0 Å². The molecule has 0 saturated heterocycles. The van der Waals surface area contributed by atoms with Gasteiger partial charge in [0.25, 0.3) is 0 Å². The largest absolute Gasteiger partial charge is 0.493 e. The molecule has 0 aliphatic rings. The van der Waals surface area contributed by atoms with Crippen molar-refractivity contribution in [2.24, 2.45) is 0 Å². The molecule has 0 fully saturated rings. The topological polar surface area (TPSA) is 18.5 Å². The van der Waals surface area contributed by atoms with Crippen molar-refractivity contribution in [3.8, 4) is 11.5 Å². The molecule has 0 amide bonds. The molecule has 0 unspecified atom stereocenters. The van der Waals surface area contributed by atoms with Crippen LogP contribution in [0.2, 0.25) is 0 Å². The van der Waals surface area contributed by atoms with Crippen molar-refractivity contribution in [3.05, 3.63) is 19.3 Å². The summed E-state index contributed by atoms with van der Waals surface area (Å²) in [5.74, 6) is 1.59. The van der Waals surface area contributed by atoms with E-state index in [4.69, 9.17) is 9.47 Å². The number of benzene rings is 1. The van der Waals surface area contributed by atoms with Gasteiger partial charge in [0.2, 0.25) is 0 Å². The Morgan fingerprint density at radius 3 is 2.25 bits per heavy atom. The van der Waals surface area contributed by atoms with Crippen molar-refractivity contribution >= 4 is 45.2 Å². The molecule has 0 N–H and O–H groups in total. The maximum atomic E-state index is 5.21. The Hall–Kier alpha value is 0.280. The molecule has 1 aromatic rings. The lowest BCUT2D eigenvalue weighted by atomic mass is 10.3. The molecule has 1 aromatic carbocycles. The van der Waals surface area contributed by atoms with Gasteiger partial charge in [0.1, 0.15) is 0 Å². The normalized spacial score (nSPS) is 9.67. The Morgan fingerprint density at radius 2 is 1.75 bits per heavy atom. The molecule has 0 saturated carbocycles. The average molecular weight is 390 g/mol. The fraction of sp³-hybridized carbons (Fsp3) is 0.250. The molecule has 0 radical (unpaired) electrons. The van der Waals surface area contributed by atoms with Crippen molar-refractivity contribution in [1.29, 1.82) is 0 Å². The van der Waals surface area contributed by atoms with E-state index in [-0.39, 0.29) is 0 Å². The number of hydrogen-bond acceptors (Lipinski definition) is 2. The first-order valence-corrected chi connectivity index (χ1v) is 5.42. The molecular weight excluding hydrogens is 382 g/mol. The number of ether oxygens (including phenoxy) is 2. The summed E-state index contributed by atoms with van der Waals surface area (Å²) in [6.45, 7) is 0. The van der Waals surface area contributed by atoms with Gasteiger partial charge in [0.15, 0.2) is 11.5 Å². The molecule has 0 atom stereocenters. The number of rotatable bonds is 2. The third-order valence-corrected chi connectivity index (χ3v) is 4.44. The summed E-state index contributed by atoms with van der Waals surface area (Å²) in [7, 11) is 3.29. The SMILES string of the molecule is COc1ccc(I)c(I)c1OC. The van der Waals surface area contributed by atoms with Crippen LogP contribution >= 0.6 is 45.2 Å². The van der Waals surface area contributed by atoms with E-state index in [0.717, 1.165) is 15.1 Å². The van der Waals surface area contributed by atoms with Gasteiger partial charge < -0.3 is 9.47 Å². The zero-order valence-electron chi connectivity index (χ0n) is 6.73. The smallest absolute Gasteiger partial charge is 0.175 e. The average Bonchev–Trinajstić information content (AvgIpc) is 2.09. The van der Waals surface area contributed by atoms with E-state index in [0.29, 0.717) is 0 Å². The highest BCUT2D eigenvalue weighted by Crippen LogP contribution is 2.34. The first kappa shape index (κ1) is 10.4. The molecule has 0 aliphatic heterocycles. The van der Waals surface area contributed by atoms with Gasteiger partial charge in [-0.2, -0.15) is 0 Å². The standard InChI is InChI=1S/C8H8I2O2/c1-11-6-4-3-5(9)7(10)8(6)12-2/h3-4H,1-2H3. The van der Waals surface area contributed by atoms with E-state index in [2.05, 4.69) is 45.2 Å². The molecule has 0 heterocycles. The quantitative estimate of drug-likeness (QED) is 0.724. The van der Waals surface area contributed by atoms with E-state index in [9.17, 15) is 0 Å². The maximum Gasteiger partial charge on any atom is 0.175 e. The highest BCUT2D eigenvalue weighted by Gasteiger charge is 2.09. The van der Waals surface area contributed by atoms with Crippen molar-refractivity contribution in [2.75, 3.05) is 14.2 Å². The van der Waals surface area contributed by atoms with E-state index in [1.165, 1.54) is 3.57 Å². The lowest BCUT2D eigenvalue weighted by Gasteiger charge is -2.09. The molecule has 0 aromatic heterocycles. The van der Waals surface area contributed by atoms with Crippen molar-refractivity contribution in [3.63, 3.8) is 0 Å². The summed E-state index contributed by atoms with van der Waals surface area (Å²) in [6, 6.07) is 3.91. The Labute approximate surface area is 98.9 Å². The molecule has 12 heavy (non-hydrogen) atoms. The van der Waals surface area contributed by atoms with Gasteiger partial charge in [0.05, 0.1) is 17.8 Å². The Balaban J connectivity index is 3.25. The lowest BCUT2D eigenvalue weighted by Crippen LogP contribution is -1.94. The first-order valence-electron chi connectivity index (χ1n) is 3.26. The monoisotopic (exact) mass is 390 g/mol. The highest BCUT2D eigenvalue weighted by atomic mass is 127. The van der Waals surface area contributed by atoms with Crippen molar-refractivity contribution < 1.29 is 9.47 Å². The van der Waals surface area contributed by atoms with E-state index in [1.807, 2.05) is 12.1 Å². The van der Waals surface area contributed by atoms with Crippen LogP contribution in [-0.2, 0) is 0 Å². The third kappa shape index (κ3) is 1.95. The molecule has 2 nitrogen and oxygen atoms in total. The van der Waals surface area contributed by atoms with Gasteiger partial charge in [-0.25, -0.2) is 0 Å². The van der Waals surface area contributed by atoms with Crippen LogP contribution in [0.1, 0.15) is 0 Å². The summed E-state index contributed by atoms with van der Waals surface area (Å²) >= 11 is 4.50. The van der Waals surface area contributed by atoms with Gasteiger partial charge in [-0.15, -0.1) is 0 Å². The molecule has 0 spiro atoms. The van der Waals surface area contributed by atoms with Gasteiger partial charge in [-0.05, 0) is 57.3 Å². The second-order valence-corrected chi connectivity index (χ2v) is 4.34. The fourth-order valence-corrected chi connectivity index (χ4v) is 1.96. The maximum absolute atomic E-state index is 5.21. The van der Waals surface area contributed by atoms with Crippen LogP contribution in [0.4, 0.5) is 0 Å². The van der Waals surface area contributed by atoms with E-state index in [1.54, 1.807) is 14.2 Å². The Kier molecular flexibility index (Phi) is 3.88. The second-order valence-electron chi connectivity index (χ2n) is 2.10. The first-order chi connectivity index (χ1) is 5.70. The van der Waals surface area contributed by atoms with Crippen LogP contribution in [-0.4, -0.2) is 14.2 Å². The van der Waals surface area contributed by atoms with Crippen LogP contribution in [0, 0.1) is 7.14 Å². The summed E-state index contributed by atoms with van der Waals surface area (Å²) in [6.07, 6.45) is 0. The van der Waals surface area contributed by atoms with Crippen LogP contribution in [0.25, 0.3) is 0 Å². The zero-order chi connectivity index (χ0) is 9.14. The molecule has 66 valence electrons. The third-order valence-electron chi connectivity index (χ3n) is 1.44. The number of methoxy groups -OCH3 is 2. The summed E-state index contributed by atoms with van der Waals surface area (Å²) in [5.41, 5.74) is 0. The predicted octanol–water partition coefficient (Wildman–Crippen LogP) is 2.91. The molecule has 0 bridgehead atoms. The van der Waals surface area contributed by atoms with Gasteiger partial charge in [-0.3, -0.25) is 0 Å². The zero-order valence-corrected chi connectivity index (χ0v) is 11.0. The van der Waals surface area contributed by atoms with Crippen LogP contribution in [0.5, 0.6) is 11.5 Å². The highest BCUT2D eigenvalue weighted by molar-refractivity contribution is 14.1. The lowest BCUT2D eigenvalue weighted by molar-refractivity contribution is 0.352. The Morgan fingerprint density at radius 1 is 1.08 bits per heavy atom. The Bertz CT molecular complexity index is 287. The van der Waals surface area contributed by atoms with E-state index >= 15 is 0 Å². The van der Waals surface area contributed by atoms with Crippen LogP contribution < -0.4 is 9.47 Å². The minimum Gasteiger partial charge on any atom is -0.493 e. The molecule has 1 rings (SSSR count). The predicted molar refractivity (Wildman–Crippen MR) is 65.0 cm³/mol. The van der Waals surface area contributed by atoms with Gasteiger partial charge in [-0.1, -0.05) is 0 Å². The van der Waals surface area contributed by atoms with Crippen molar-refractivity contribution in [2.45, 2.75) is 0 Å². The summed E-state index contributed by atoms with van der Waals surface area (Å²) < 4.78 is 12.6. The minimum atomic E-state index is 0.780. The number of hydrogen-bond donors (Lipinski definition) is 0. The van der Waals surface area contributed by atoms with Crippen LogP contribution in [0.15, 0.2) is 12.1 Å². The number of halogens is 2. The summed E-state index contributed by atoms with van der Waals surface area (Å²) in [5, 5.41) is 0.